The Bertz CT molecular complexity index is 497. The first-order valence-corrected chi connectivity index (χ1v) is 6.08. The second-order valence-corrected chi connectivity index (χ2v) is 4.65. The van der Waals surface area contributed by atoms with E-state index in [0.29, 0.717) is 24.5 Å². The summed E-state index contributed by atoms with van der Waals surface area (Å²) >= 11 is 0. The molecule has 1 atom stereocenters. The fraction of sp³-hybridized carbons (Fsp3) is 0.583. The predicted molar refractivity (Wildman–Crippen MR) is 65.5 cm³/mol. The molecule has 0 aromatic carbocycles. The van der Waals surface area contributed by atoms with Crippen LogP contribution in [0.1, 0.15) is 18.5 Å². The lowest BCUT2D eigenvalue weighted by Crippen LogP contribution is -2.42. The van der Waals surface area contributed by atoms with Gasteiger partial charge in [-0.1, -0.05) is 0 Å². The SMILES string of the molecule is COc1cc(CN2CC(C(=O)O)CCC2=O)nn1C. The molecule has 0 radical (unpaired) electrons. The minimum atomic E-state index is -0.851. The van der Waals surface area contributed by atoms with Crippen LogP contribution in [0.5, 0.6) is 5.88 Å². The van der Waals surface area contributed by atoms with E-state index in [0.717, 1.165) is 0 Å². The van der Waals surface area contributed by atoms with E-state index in [2.05, 4.69) is 5.10 Å². The molecule has 1 aromatic rings. The van der Waals surface area contributed by atoms with Crippen LogP contribution < -0.4 is 4.74 Å². The van der Waals surface area contributed by atoms with Crippen molar-refractivity contribution in [2.75, 3.05) is 13.7 Å². The zero-order valence-corrected chi connectivity index (χ0v) is 11.0. The number of aliphatic carboxylic acids is 1. The number of piperidine rings is 1. The topological polar surface area (TPSA) is 84.7 Å². The number of amides is 1. The first kappa shape index (κ1) is 13.4. The summed E-state index contributed by atoms with van der Waals surface area (Å²) < 4.78 is 6.69. The number of aryl methyl sites for hydroxylation is 1. The molecule has 0 bridgehead atoms. The normalized spacial score (nSPS) is 19.6. The first-order chi connectivity index (χ1) is 9.01. The standard InChI is InChI=1S/C12H17N3O4/c1-14-11(19-2)5-9(13-14)7-15-6-8(12(17)18)3-4-10(15)16/h5,8H,3-4,6-7H2,1-2H3,(H,17,18). The van der Waals surface area contributed by atoms with Crippen molar-refractivity contribution < 1.29 is 19.4 Å². The lowest BCUT2D eigenvalue weighted by Gasteiger charge is -2.29. The quantitative estimate of drug-likeness (QED) is 0.845. The van der Waals surface area contributed by atoms with Gasteiger partial charge in [0.2, 0.25) is 11.8 Å². The Morgan fingerprint density at radius 3 is 2.95 bits per heavy atom. The van der Waals surface area contributed by atoms with Gasteiger partial charge in [-0.25, -0.2) is 4.68 Å². The van der Waals surface area contributed by atoms with Crippen molar-refractivity contribution in [3.63, 3.8) is 0 Å². The van der Waals surface area contributed by atoms with Gasteiger partial charge in [-0.15, -0.1) is 0 Å². The Hall–Kier alpha value is -2.05. The summed E-state index contributed by atoms with van der Waals surface area (Å²) in [6.07, 6.45) is 0.692. The lowest BCUT2D eigenvalue weighted by molar-refractivity contribution is -0.147. The Kier molecular flexibility index (Phi) is 3.73. The van der Waals surface area contributed by atoms with Crippen LogP contribution in [0.3, 0.4) is 0 Å². The second kappa shape index (κ2) is 5.29. The molecule has 7 nitrogen and oxygen atoms in total. The maximum atomic E-state index is 11.8. The summed E-state index contributed by atoms with van der Waals surface area (Å²) in [5.41, 5.74) is 0.693. The zero-order valence-electron chi connectivity index (χ0n) is 11.0. The summed E-state index contributed by atoms with van der Waals surface area (Å²) in [7, 11) is 3.30. The number of methoxy groups -OCH3 is 1. The van der Waals surface area contributed by atoms with E-state index in [1.807, 2.05) is 0 Å². The minimum absolute atomic E-state index is 0.0258. The van der Waals surface area contributed by atoms with Crippen LogP contribution >= 0.6 is 0 Å². The van der Waals surface area contributed by atoms with Gasteiger partial charge in [0, 0.05) is 26.1 Å². The monoisotopic (exact) mass is 267 g/mol. The van der Waals surface area contributed by atoms with Crippen LogP contribution in [-0.4, -0.2) is 45.3 Å². The number of ether oxygens (including phenoxy) is 1. The maximum Gasteiger partial charge on any atom is 0.308 e. The average Bonchev–Trinajstić information content (AvgIpc) is 2.72. The Balaban J connectivity index is 2.07. The average molecular weight is 267 g/mol. The summed E-state index contributed by atoms with van der Waals surface area (Å²) in [4.78, 5) is 24.3. The van der Waals surface area contributed by atoms with Crippen molar-refractivity contribution in [1.82, 2.24) is 14.7 Å². The zero-order chi connectivity index (χ0) is 14.0. The molecule has 1 saturated heterocycles. The van der Waals surface area contributed by atoms with Crippen LogP contribution in [0.2, 0.25) is 0 Å². The molecule has 0 spiro atoms. The van der Waals surface area contributed by atoms with Gasteiger partial charge < -0.3 is 14.7 Å². The first-order valence-electron chi connectivity index (χ1n) is 6.08. The fourth-order valence-electron chi connectivity index (χ4n) is 2.24. The molecule has 0 aliphatic carbocycles. The molecule has 2 rings (SSSR count). The number of likely N-dealkylation sites (tertiary alicyclic amines) is 1. The summed E-state index contributed by atoms with van der Waals surface area (Å²) in [5, 5.41) is 13.2. The number of rotatable bonds is 4. The molecular formula is C12H17N3O4. The molecule has 0 saturated carbocycles. The van der Waals surface area contributed by atoms with Crippen LogP contribution in [0.4, 0.5) is 0 Å². The van der Waals surface area contributed by atoms with E-state index in [-0.39, 0.29) is 18.9 Å². The van der Waals surface area contributed by atoms with Gasteiger partial charge in [0.25, 0.3) is 0 Å². The van der Waals surface area contributed by atoms with Gasteiger partial charge in [-0.05, 0) is 6.42 Å². The molecule has 1 aliphatic heterocycles. The van der Waals surface area contributed by atoms with Crippen LogP contribution in [0.15, 0.2) is 6.07 Å². The third-order valence-corrected chi connectivity index (χ3v) is 3.30. The fourth-order valence-corrected chi connectivity index (χ4v) is 2.24. The van der Waals surface area contributed by atoms with Crippen LogP contribution in [-0.2, 0) is 23.2 Å². The van der Waals surface area contributed by atoms with Crippen molar-refractivity contribution in [3.05, 3.63) is 11.8 Å². The number of aromatic nitrogens is 2. The number of hydrogen-bond donors (Lipinski definition) is 1. The lowest BCUT2D eigenvalue weighted by atomic mass is 9.97. The Labute approximate surface area is 110 Å². The summed E-state index contributed by atoms with van der Waals surface area (Å²) in [5.74, 6) is -0.754. The van der Waals surface area contributed by atoms with Gasteiger partial charge in [-0.2, -0.15) is 5.10 Å². The molecular weight excluding hydrogens is 250 g/mol. The summed E-state index contributed by atoms with van der Waals surface area (Å²) in [6, 6.07) is 1.75. The van der Waals surface area contributed by atoms with Crippen molar-refractivity contribution in [2.24, 2.45) is 13.0 Å². The van der Waals surface area contributed by atoms with Crippen molar-refractivity contribution in [3.8, 4) is 5.88 Å². The molecule has 1 aromatic heterocycles. The minimum Gasteiger partial charge on any atom is -0.481 e. The van der Waals surface area contributed by atoms with Gasteiger partial charge >= 0.3 is 5.97 Å². The number of carbonyl (C=O) groups is 2. The summed E-state index contributed by atoms with van der Waals surface area (Å²) in [6.45, 7) is 0.562. The van der Waals surface area contributed by atoms with Crippen LogP contribution in [0, 0.1) is 5.92 Å². The second-order valence-electron chi connectivity index (χ2n) is 4.65. The van der Waals surface area contributed by atoms with Gasteiger partial charge in [0.1, 0.15) is 0 Å². The molecule has 1 N–H and O–H groups in total. The van der Waals surface area contributed by atoms with Crippen LogP contribution in [0.25, 0.3) is 0 Å². The highest BCUT2D eigenvalue weighted by molar-refractivity contribution is 5.80. The molecule has 1 amide bonds. The largest absolute Gasteiger partial charge is 0.481 e. The van der Waals surface area contributed by atoms with E-state index in [4.69, 9.17) is 9.84 Å². The number of nitrogens with zero attached hydrogens (tertiary/aromatic N) is 3. The number of carboxylic acid groups (broad SMARTS) is 1. The highest BCUT2D eigenvalue weighted by atomic mass is 16.5. The molecule has 1 fully saturated rings. The highest BCUT2D eigenvalue weighted by Gasteiger charge is 2.30. The maximum absolute atomic E-state index is 11.8. The van der Waals surface area contributed by atoms with E-state index < -0.39 is 11.9 Å². The van der Waals surface area contributed by atoms with Crippen molar-refractivity contribution in [2.45, 2.75) is 19.4 Å². The van der Waals surface area contributed by atoms with Gasteiger partial charge in [0.15, 0.2) is 0 Å². The third-order valence-electron chi connectivity index (χ3n) is 3.30. The van der Waals surface area contributed by atoms with E-state index >= 15 is 0 Å². The molecule has 1 unspecified atom stereocenters. The van der Waals surface area contributed by atoms with E-state index in [9.17, 15) is 9.59 Å². The molecule has 19 heavy (non-hydrogen) atoms. The predicted octanol–water partition coefficient (Wildman–Crippen LogP) is 0.252. The molecule has 104 valence electrons. The molecule has 2 heterocycles. The highest BCUT2D eigenvalue weighted by Crippen LogP contribution is 2.21. The van der Waals surface area contributed by atoms with Gasteiger partial charge in [-0.3, -0.25) is 9.59 Å². The number of hydrogen-bond acceptors (Lipinski definition) is 4. The van der Waals surface area contributed by atoms with E-state index in [1.54, 1.807) is 29.8 Å². The number of carbonyl (C=O) groups excluding carboxylic acids is 1. The molecule has 1 aliphatic rings. The Morgan fingerprint density at radius 1 is 1.63 bits per heavy atom. The number of carboxylic acids is 1. The van der Waals surface area contributed by atoms with E-state index in [1.165, 1.54) is 0 Å². The molecule has 7 heteroatoms. The van der Waals surface area contributed by atoms with Gasteiger partial charge in [0.05, 0.1) is 25.3 Å². The Morgan fingerprint density at radius 2 is 2.37 bits per heavy atom. The third kappa shape index (κ3) is 2.86. The van der Waals surface area contributed by atoms with Crippen molar-refractivity contribution in [1.29, 1.82) is 0 Å². The smallest absolute Gasteiger partial charge is 0.308 e. The van der Waals surface area contributed by atoms with Crippen molar-refractivity contribution >= 4 is 11.9 Å².